The first-order chi connectivity index (χ1) is 12.7. The summed E-state index contributed by atoms with van der Waals surface area (Å²) in [6.07, 6.45) is 0. The first-order valence-corrected chi connectivity index (χ1v) is 8.10. The average molecular weight is 394 g/mol. The largest absolute Gasteiger partial charge is 0.486 e. The molecule has 0 bridgehead atoms. The van der Waals surface area contributed by atoms with Gasteiger partial charge >= 0.3 is 0 Å². The van der Waals surface area contributed by atoms with Crippen molar-refractivity contribution in [2.45, 2.75) is 13.8 Å². The number of hydrogen-bond donors (Lipinski definition) is 2. The third kappa shape index (κ3) is 4.80. The van der Waals surface area contributed by atoms with Crippen LogP contribution in [0, 0.1) is 34.2 Å². The number of nitrogens with zero attached hydrogens (tertiary/aromatic N) is 1. The molecular formula is C19H15ClF3N3O. The van der Waals surface area contributed by atoms with E-state index in [1.54, 1.807) is 25.1 Å². The van der Waals surface area contributed by atoms with Gasteiger partial charge in [-0.25, -0.2) is 8.78 Å². The molecule has 0 saturated heterocycles. The molecule has 0 fully saturated rings. The zero-order chi connectivity index (χ0) is 20.1. The Labute approximate surface area is 159 Å². The van der Waals surface area contributed by atoms with Gasteiger partial charge < -0.3 is 15.5 Å². The highest BCUT2D eigenvalue weighted by atomic mass is 35.5. The van der Waals surface area contributed by atoms with Gasteiger partial charge in [-0.15, -0.1) is 0 Å². The molecule has 0 aliphatic carbocycles. The summed E-state index contributed by atoms with van der Waals surface area (Å²) in [4.78, 5) is 0. The van der Waals surface area contributed by atoms with Gasteiger partial charge in [-0.2, -0.15) is 9.65 Å². The van der Waals surface area contributed by atoms with E-state index in [0.29, 0.717) is 22.5 Å². The molecule has 0 unspecified atom stereocenters. The van der Waals surface area contributed by atoms with Gasteiger partial charge in [0.2, 0.25) is 5.82 Å². The Kier molecular flexibility index (Phi) is 6.48. The number of anilines is 1. The lowest BCUT2D eigenvalue weighted by Crippen LogP contribution is -2.14. The molecule has 2 N–H and O–H groups in total. The number of hydrogen-bond acceptors (Lipinski definition) is 4. The zero-order valence-electron chi connectivity index (χ0n) is 14.5. The number of benzene rings is 2. The van der Waals surface area contributed by atoms with E-state index in [-0.39, 0.29) is 17.3 Å². The molecule has 0 aromatic heterocycles. The molecule has 0 heterocycles. The number of rotatable bonds is 6. The van der Waals surface area contributed by atoms with E-state index in [9.17, 15) is 13.2 Å². The lowest BCUT2D eigenvalue weighted by molar-refractivity contribution is 0.321. The Morgan fingerprint density at radius 2 is 1.89 bits per heavy atom. The van der Waals surface area contributed by atoms with Crippen LogP contribution in [0.15, 0.2) is 41.6 Å². The first kappa shape index (κ1) is 20.3. The van der Waals surface area contributed by atoms with Crippen LogP contribution in [0.3, 0.4) is 0 Å². The molecule has 2 aromatic rings. The van der Waals surface area contributed by atoms with Crippen molar-refractivity contribution < 1.29 is 17.9 Å². The lowest BCUT2D eigenvalue weighted by atomic mass is 10.1. The Morgan fingerprint density at radius 3 is 2.48 bits per heavy atom. The van der Waals surface area contributed by atoms with E-state index in [4.69, 9.17) is 27.0 Å². The first-order valence-electron chi connectivity index (χ1n) is 7.72. The number of halogens is 4. The molecule has 2 rings (SSSR count). The fourth-order valence-electron chi connectivity index (χ4n) is 2.24. The van der Waals surface area contributed by atoms with E-state index in [0.717, 1.165) is 12.1 Å². The van der Waals surface area contributed by atoms with Crippen molar-refractivity contribution in [2.24, 2.45) is 0 Å². The molecule has 8 heteroatoms. The topological polar surface area (TPSA) is 68.9 Å². The maximum atomic E-state index is 13.7. The van der Waals surface area contributed by atoms with E-state index >= 15 is 0 Å². The van der Waals surface area contributed by atoms with E-state index in [1.807, 2.05) is 6.07 Å². The fraction of sp³-hybridized carbons (Fsp3) is 0.158. The highest BCUT2D eigenvalue weighted by molar-refractivity contribution is 6.32. The third-order valence-electron chi connectivity index (χ3n) is 3.70. The monoisotopic (exact) mass is 393 g/mol. The number of nitriles is 1. The molecule has 0 saturated carbocycles. The molecule has 0 radical (unpaired) electrons. The van der Waals surface area contributed by atoms with E-state index in [2.05, 4.69) is 5.32 Å². The summed E-state index contributed by atoms with van der Waals surface area (Å²) in [5.74, 6) is -4.82. The summed E-state index contributed by atoms with van der Waals surface area (Å²) in [6.45, 7) is 2.95. The molecule has 0 spiro atoms. The van der Waals surface area contributed by atoms with Crippen LogP contribution < -0.4 is 10.1 Å². The van der Waals surface area contributed by atoms with Crippen molar-refractivity contribution in [3.63, 3.8) is 0 Å². The summed E-state index contributed by atoms with van der Waals surface area (Å²) in [7, 11) is 0. The van der Waals surface area contributed by atoms with Crippen LogP contribution in [-0.4, -0.2) is 12.3 Å². The van der Waals surface area contributed by atoms with E-state index in [1.165, 1.54) is 6.92 Å². The summed E-state index contributed by atoms with van der Waals surface area (Å²) in [5.41, 5.74) is 1.95. The Balaban J connectivity index is 2.23. The Hall–Kier alpha value is -2.98. The standard InChI is InChI=1S/C19H15ClF3N3O/c1-10(25)14(9-27-17-6-5-16(21)18(22)19(17)23)11(2)26-13-4-3-12(8-24)15(20)7-13/h3-7,25-26H,9H2,1-2H3/b14-11-,25-10?. The van der Waals surface area contributed by atoms with Gasteiger partial charge in [-0.3, -0.25) is 0 Å². The van der Waals surface area contributed by atoms with Gasteiger partial charge in [0.15, 0.2) is 17.4 Å². The van der Waals surface area contributed by atoms with Gasteiger partial charge in [0.05, 0.1) is 10.6 Å². The van der Waals surface area contributed by atoms with Crippen LogP contribution in [-0.2, 0) is 0 Å². The molecule has 0 aliphatic heterocycles. The minimum atomic E-state index is -1.62. The van der Waals surface area contributed by atoms with Crippen molar-refractivity contribution in [2.75, 3.05) is 11.9 Å². The molecule has 2 aromatic carbocycles. The number of ether oxygens (including phenoxy) is 1. The third-order valence-corrected chi connectivity index (χ3v) is 4.01. The van der Waals surface area contributed by atoms with Gasteiger partial charge in [0, 0.05) is 22.7 Å². The zero-order valence-corrected chi connectivity index (χ0v) is 15.2. The highest BCUT2D eigenvalue weighted by Gasteiger charge is 2.16. The van der Waals surface area contributed by atoms with Crippen LogP contribution in [0.2, 0.25) is 5.02 Å². The fourth-order valence-corrected chi connectivity index (χ4v) is 2.47. The van der Waals surface area contributed by atoms with E-state index < -0.39 is 23.2 Å². The van der Waals surface area contributed by atoms with Crippen molar-refractivity contribution in [1.82, 2.24) is 0 Å². The number of nitrogens with one attached hydrogen (secondary N) is 2. The van der Waals surface area contributed by atoms with Crippen LogP contribution in [0.1, 0.15) is 19.4 Å². The number of allylic oxidation sites excluding steroid dienone is 1. The van der Waals surface area contributed by atoms with Gasteiger partial charge in [-0.1, -0.05) is 11.6 Å². The average Bonchev–Trinajstić information content (AvgIpc) is 2.61. The Bertz CT molecular complexity index is 967. The van der Waals surface area contributed by atoms with Crippen LogP contribution in [0.4, 0.5) is 18.9 Å². The van der Waals surface area contributed by atoms with Crippen molar-refractivity contribution in [3.8, 4) is 11.8 Å². The van der Waals surface area contributed by atoms with Crippen LogP contribution in [0.25, 0.3) is 0 Å². The van der Waals surface area contributed by atoms with Gasteiger partial charge in [-0.05, 0) is 44.2 Å². The van der Waals surface area contributed by atoms with Crippen LogP contribution >= 0.6 is 11.6 Å². The van der Waals surface area contributed by atoms with Crippen molar-refractivity contribution >= 4 is 23.0 Å². The SMILES string of the molecule is CC(=N)/C(COc1ccc(F)c(F)c1F)=C(/C)Nc1ccc(C#N)c(Cl)c1. The second-order valence-electron chi connectivity index (χ2n) is 5.62. The predicted octanol–water partition coefficient (Wildman–Crippen LogP) is 5.43. The second kappa shape index (κ2) is 8.60. The second-order valence-corrected chi connectivity index (χ2v) is 6.03. The summed E-state index contributed by atoms with van der Waals surface area (Å²) in [5, 5.41) is 20.1. The Morgan fingerprint density at radius 1 is 1.19 bits per heavy atom. The smallest absolute Gasteiger partial charge is 0.203 e. The van der Waals surface area contributed by atoms with Gasteiger partial charge in [0.1, 0.15) is 12.7 Å². The lowest BCUT2D eigenvalue weighted by Gasteiger charge is -2.15. The van der Waals surface area contributed by atoms with Crippen molar-refractivity contribution in [1.29, 1.82) is 10.7 Å². The molecule has 4 nitrogen and oxygen atoms in total. The maximum Gasteiger partial charge on any atom is 0.203 e. The molecular weight excluding hydrogens is 379 g/mol. The normalized spacial score (nSPS) is 11.4. The molecule has 0 amide bonds. The molecule has 27 heavy (non-hydrogen) atoms. The summed E-state index contributed by atoms with van der Waals surface area (Å²) < 4.78 is 45.2. The maximum absolute atomic E-state index is 13.7. The minimum absolute atomic E-state index is 0.141. The minimum Gasteiger partial charge on any atom is -0.486 e. The predicted molar refractivity (Wildman–Crippen MR) is 97.7 cm³/mol. The van der Waals surface area contributed by atoms with Crippen LogP contribution in [0.5, 0.6) is 5.75 Å². The summed E-state index contributed by atoms with van der Waals surface area (Å²) in [6, 6.07) is 8.43. The van der Waals surface area contributed by atoms with Crippen molar-refractivity contribution in [3.05, 3.63) is 69.6 Å². The molecule has 0 aliphatic rings. The molecule has 140 valence electrons. The summed E-state index contributed by atoms with van der Waals surface area (Å²) >= 11 is 5.99. The molecule has 0 atom stereocenters. The van der Waals surface area contributed by atoms with Gasteiger partial charge in [0.25, 0.3) is 0 Å². The quantitative estimate of drug-likeness (QED) is 0.507. The highest BCUT2D eigenvalue weighted by Crippen LogP contribution is 2.24.